The van der Waals surface area contributed by atoms with E-state index in [2.05, 4.69) is 4.99 Å². The van der Waals surface area contributed by atoms with E-state index in [0.29, 0.717) is 5.56 Å². The summed E-state index contributed by atoms with van der Waals surface area (Å²) in [6, 6.07) is 12.8. The highest BCUT2D eigenvalue weighted by molar-refractivity contribution is 6.00. The molecule has 0 saturated carbocycles. The molecule has 72 valence electrons. The van der Waals surface area contributed by atoms with Gasteiger partial charge in [0, 0.05) is 5.56 Å². The zero-order valence-corrected chi connectivity index (χ0v) is 7.81. The molecule has 0 radical (unpaired) electrons. The van der Waals surface area contributed by atoms with Crippen LogP contribution in [0.4, 0.5) is 0 Å². The van der Waals surface area contributed by atoms with Gasteiger partial charge in [-0.3, -0.25) is 4.79 Å². The highest BCUT2D eigenvalue weighted by atomic mass is 16.2. The lowest BCUT2D eigenvalue weighted by atomic mass is 10.1. The molecule has 0 aliphatic rings. The van der Waals surface area contributed by atoms with Crippen molar-refractivity contribution < 1.29 is 9.59 Å². The monoisotopic (exact) mass is 197 g/mol. The molecule has 0 N–H and O–H groups in total. The molecular weight excluding hydrogens is 190 g/mol. The van der Waals surface area contributed by atoms with Crippen LogP contribution >= 0.6 is 0 Å². The van der Waals surface area contributed by atoms with Gasteiger partial charge in [-0.1, -0.05) is 30.3 Å². The number of carbonyl (C=O) groups excluding carboxylic acids is 2. The fourth-order valence-electron chi connectivity index (χ4n) is 1.43. The number of amides is 1. The quantitative estimate of drug-likeness (QED) is 0.520. The van der Waals surface area contributed by atoms with Gasteiger partial charge in [0.05, 0.1) is 0 Å². The number of isocyanates is 1. The fraction of sp³-hybridized carbons (Fsp3) is 0. The van der Waals surface area contributed by atoms with Gasteiger partial charge in [0.2, 0.25) is 6.08 Å². The van der Waals surface area contributed by atoms with Gasteiger partial charge in [0.25, 0.3) is 5.91 Å². The molecule has 2 aromatic carbocycles. The zero-order chi connectivity index (χ0) is 10.7. The standard InChI is InChI=1S/C12H7NO2/c14-8-13-12(15)11-6-5-9-3-1-2-4-10(9)7-11/h1-7H. The van der Waals surface area contributed by atoms with Crippen LogP contribution in [0.1, 0.15) is 10.4 Å². The van der Waals surface area contributed by atoms with Gasteiger partial charge >= 0.3 is 0 Å². The van der Waals surface area contributed by atoms with E-state index in [9.17, 15) is 9.59 Å². The van der Waals surface area contributed by atoms with Crippen molar-refractivity contribution in [1.82, 2.24) is 0 Å². The predicted octanol–water partition coefficient (Wildman–Crippen LogP) is 2.32. The number of fused-ring (bicyclic) bond motifs is 1. The number of hydrogen-bond acceptors (Lipinski definition) is 2. The third kappa shape index (κ3) is 1.82. The zero-order valence-electron chi connectivity index (χ0n) is 7.81. The normalized spacial score (nSPS) is 9.60. The molecule has 0 atom stereocenters. The van der Waals surface area contributed by atoms with Crippen molar-refractivity contribution in [2.24, 2.45) is 4.99 Å². The third-order valence-corrected chi connectivity index (χ3v) is 2.14. The van der Waals surface area contributed by atoms with Crippen molar-refractivity contribution >= 4 is 22.8 Å². The van der Waals surface area contributed by atoms with Crippen molar-refractivity contribution in [3.05, 3.63) is 48.0 Å². The van der Waals surface area contributed by atoms with E-state index in [4.69, 9.17) is 0 Å². The molecule has 2 aromatic rings. The molecule has 15 heavy (non-hydrogen) atoms. The molecule has 0 saturated heterocycles. The summed E-state index contributed by atoms with van der Waals surface area (Å²) in [6.07, 6.45) is 1.24. The Morgan fingerprint density at radius 1 is 1.07 bits per heavy atom. The molecule has 0 aromatic heterocycles. The van der Waals surface area contributed by atoms with Gasteiger partial charge in [0.1, 0.15) is 0 Å². The number of aliphatic imine (C=N–C) groups is 1. The average Bonchev–Trinajstić information content (AvgIpc) is 2.29. The molecule has 0 aliphatic carbocycles. The fourth-order valence-corrected chi connectivity index (χ4v) is 1.43. The maximum absolute atomic E-state index is 11.3. The van der Waals surface area contributed by atoms with Gasteiger partial charge in [-0.05, 0) is 22.9 Å². The van der Waals surface area contributed by atoms with E-state index in [0.717, 1.165) is 10.8 Å². The number of nitrogens with zero attached hydrogens (tertiary/aromatic N) is 1. The number of carbonyl (C=O) groups is 1. The molecule has 0 aliphatic heterocycles. The van der Waals surface area contributed by atoms with E-state index in [1.54, 1.807) is 12.1 Å². The average molecular weight is 197 g/mol. The first-order valence-electron chi connectivity index (χ1n) is 4.42. The third-order valence-electron chi connectivity index (χ3n) is 2.14. The molecule has 0 bridgehead atoms. The Bertz CT molecular complexity index is 569. The van der Waals surface area contributed by atoms with E-state index >= 15 is 0 Å². The Labute approximate surface area is 86.1 Å². The minimum atomic E-state index is -0.559. The molecule has 1 amide bonds. The SMILES string of the molecule is O=C=NC(=O)c1ccc2ccccc2c1. The summed E-state index contributed by atoms with van der Waals surface area (Å²) in [5.74, 6) is -0.559. The second kappa shape index (κ2) is 3.86. The van der Waals surface area contributed by atoms with Crippen LogP contribution in [0.3, 0.4) is 0 Å². The van der Waals surface area contributed by atoms with Crippen LogP contribution < -0.4 is 0 Å². The lowest BCUT2D eigenvalue weighted by Crippen LogP contribution is -1.93. The Morgan fingerprint density at radius 3 is 2.53 bits per heavy atom. The Hall–Kier alpha value is -2.25. The summed E-state index contributed by atoms with van der Waals surface area (Å²) in [5.41, 5.74) is 0.400. The van der Waals surface area contributed by atoms with Crippen molar-refractivity contribution in [3.63, 3.8) is 0 Å². The molecular formula is C12H7NO2. The minimum absolute atomic E-state index is 0.400. The van der Waals surface area contributed by atoms with Crippen LogP contribution in [0, 0.1) is 0 Å². The first-order valence-corrected chi connectivity index (χ1v) is 4.42. The van der Waals surface area contributed by atoms with Gasteiger partial charge in [-0.15, -0.1) is 4.99 Å². The molecule has 0 fully saturated rings. The van der Waals surface area contributed by atoms with E-state index < -0.39 is 5.91 Å². The minimum Gasteiger partial charge on any atom is -0.266 e. The predicted molar refractivity (Wildman–Crippen MR) is 56.4 cm³/mol. The van der Waals surface area contributed by atoms with Gasteiger partial charge in [0.15, 0.2) is 0 Å². The summed E-state index contributed by atoms with van der Waals surface area (Å²) in [7, 11) is 0. The van der Waals surface area contributed by atoms with E-state index in [-0.39, 0.29) is 0 Å². The maximum Gasteiger partial charge on any atom is 0.287 e. The highest BCUT2D eigenvalue weighted by Crippen LogP contribution is 2.15. The maximum atomic E-state index is 11.3. The summed E-state index contributed by atoms with van der Waals surface area (Å²) in [5, 5.41) is 1.99. The summed E-state index contributed by atoms with van der Waals surface area (Å²) in [4.78, 5) is 24.3. The van der Waals surface area contributed by atoms with Crippen LogP contribution in [0.5, 0.6) is 0 Å². The van der Waals surface area contributed by atoms with Crippen molar-refractivity contribution in [2.75, 3.05) is 0 Å². The molecule has 0 heterocycles. The smallest absolute Gasteiger partial charge is 0.266 e. The Morgan fingerprint density at radius 2 is 1.80 bits per heavy atom. The lowest BCUT2D eigenvalue weighted by molar-refractivity contribution is 0.100. The molecule has 3 nitrogen and oxygen atoms in total. The van der Waals surface area contributed by atoms with Gasteiger partial charge in [-0.25, -0.2) is 4.79 Å². The van der Waals surface area contributed by atoms with Crippen LogP contribution in [0.15, 0.2) is 47.5 Å². The second-order valence-electron chi connectivity index (χ2n) is 3.07. The Kier molecular flexibility index (Phi) is 2.40. The van der Waals surface area contributed by atoms with Gasteiger partial charge < -0.3 is 0 Å². The largest absolute Gasteiger partial charge is 0.287 e. The van der Waals surface area contributed by atoms with Crippen LogP contribution in [0.25, 0.3) is 10.8 Å². The van der Waals surface area contributed by atoms with Crippen LogP contribution in [-0.4, -0.2) is 12.0 Å². The summed E-state index contributed by atoms with van der Waals surface area (Å²) in [6.45, 7) is 0. The van der Waals surface area contributed by atoms with Crippen molar-refractivity contribution in [2.45, 2.75) is 0 Å². The summed E-state index contributed by atoms with van der Waals surface area (Å²) < 4.78 is 0. The topological polar surface area (TPSA) is 46.5 Å². The number of benzene rings is 2. The Balaban J connectivity index is 2.56. The molecule has 0 spiro atoms. The van der Waals surface area contributed by atoms with E-state index in [1.807, 2.05) is 30.3 Å². The molecule has 2 rings (SSSR count). The highest BCUT2D eigenvalue weighted by Gasteiger charge is 2.03. The first kappa shape index (κ1) is 9.31. The second-order valence-corrected chi connectivity index (χ2v) is 3.07. The van der Waals surface area contributed by atoms with Crippen molar-refractivity contribution in [3.8, 4) is 0 Å². The number of rotatable bonds is 1. The summed E-state index contributed by atoms with van der Waals surface area (Å²) >= 11 is 0. The van der Waals surface area contributed by atoms with Crippen molar-refractivity contribution in [1.29, 1.82) is 0 Å². The molecule has 0 unspecified atom stereocenters. The lowest BCUT2D eigenvalue weighted by Gasteiger charge is -1.98. The number of hydrogen-bond donors (Lipinski definition) is 0. The van der Waals surface area contributed by atoms with Gasteiger partial charge in [-0.2, -0.15) is 0 Å². The molecule has 3 heteroatoms. The van der Waals surface area contributed by atoms with Crippen LogP contribution in [-0.2, 0) is 4.79 Å². The van der Waals surface area contributed by atoms with E-state index in [1.165, 1.54) is 6.08 Å². The first-order chi connectivity index (χ1) is 7.31. The van der Waals surface area contributed by atoms with Crippen LogP contribution in [0.2, 0.25) is 0 Å².